The fourth-order valence-corrected chi connectivity index (χ4v) is 2.69. The Kier molecular flexibility index (Phi) is 4.96. The van der Waals surface area contributed by atoms with E-state index in [1.807, 2.05) is 12.1 Å². The van der Waals surface area contributed by atoms with Gasteiger partial charge in [0.2, 0.25) is 5.88 Å². The van der Waals surface area contributed by atoms with E-state index in [2.05, 4.69) is 16.0 Å². The lowest BCUT2D eigenvalue weighted by Gasteiger charge is -2.27. The van der Waals surface area contributed by atoms with Crippen LogP contribution >= 0.6 is 0 Å². The predicted molar refractivity (Wildman–Crippen MR) is 72.5 cm³/mol. The van der Waals surface area contributed by atoms with Gasteiger partial charge in [0.25, 0.3) is 0 Å². The van der Waals surface area contributed by atoms with E-state index in [9.17, 15) is 0 Å². The zero-order valence-electron chi connectivity index (χ0n) is 11.1. The van der Waals surface area contributed by atoms with Gasteiger partial charge in [-0.2, -0.15) is 0 Å². The Hall–Kier alpha value is -1.13. The highest BCUT2D eigenvalue weighted by Gasteiger charge is 2.22. The summed E-state index contributed by atoms with van der Waals surface area (Å²) in [5, 5.41) is 0. The van der Waals surface area contributed by atoms with Crippen molar-refractivity contribution in [3.63, 3.8) is 0 Å². The molecule has 0 spiro atoms. The van der Waals surface area contributed by atoms with Gasteiger partial charge in [0.05, 0.1) is 12.8 Å². The molecule has 1 aromatic heterocycles. The Bertz CT molecular complexity index is 364. The summed E-state index contributed by atoms with van der Waals surface area (Å²) in [4.78, 5) is 6.95. The summed E-state index contributed by atoms with van der Waals surface area (Å²) in [6, 6.07) is 6.62. The summed E-state index contributed by atoms with van der Waals surface area (Å²) in [7, 11) is 1.65. The largest absolute Gasteiger partial charge is 0.481 e. The normalized spacial score (nSPS) is 16.4. The second kappa shape index (κ2) is 6.71. The molecule has 1 fully saturated rings. The van der Waals surface area contributed by atoms with Gasteiger partial charge >= 0.3 is 0 Å². The number of ether oxygens (including phenoxy) is 1. The van der Waals surface area contributed by atoms with E-state index >= 15 is 0 Å². The molecule has 2 rings (SSSR count). The number of nitrogens with two attached hydrogens (primary N) is 1. The number of pyridine rings is 1. The Morgan fingerprint density at radius 2 is 2.17 bits per heavy atom. The van der Waals surface area contributed by atoms with Crippen molar-refractivity contribution in [2.45, 2.75) is 38.3 Å². The highest BCUT2D eigenvalue weighted by molar-refractivity contribution is 5.15. The number of rotatable bonds is 6. The Labute approximate surface area is 109 Å². The van der Waals surface area contributed by atoms with Crippen molar-refractivity contribution < 1.29 is 4.74 Å². The van der Waals surface area contributed by atoms with E-state index in [0.29, 0.717) is 18.5 Å². The maximum atomic E-state index is 5.72. The molecule has 1 saturated carbocycles. The molecule has 2 N–H and O–H groups in total. The molecule has 0 aliphatic heterocycles. The summed E-state index contributed by atoms with van der Waals surface area (Å²) >= 11 is 0. The number of methoxy groups -OCH3 is 1. The molecular weight excluding hydrogens is 226 g/mol. The summed E-state index contributed by atoms with van der Waals surface area (Å²) in [6.45, 7) is 2.53. The van der Waals surface area contributed by atoms with Gasteiger partial charge in [0, 0.05) is 31.7 Å². The molecule has 1 aromatic rings. The molecule has 0 saturated heterocycles. The molecule has 4 nitrogen and oxygen atoms in total. The average Bonchev–Trinajstić information content (AvgIpc) is 2.92. The van der Waals surface area contributed by atoms with Gasteiger partial charge in [0.15, 0.2) is 0 Å². The number of aromatic nitrogens is 1. The maximum absolute atomic E-state index is 5.72. The molecule has 1 heterocycles. The van der Waals surface area contributed by atoms with Crippen molar-refractivity contribution in [2.75, 3.05) is 20.2 Å². The first-order chi connectivity index (χ1) is 8.83. The van der Waals surface area contributed by atoms with Crippen LogP contribution in [0, 0.1) is 0 Å². The summed E-state index contributed by atoms with van der Waals surface area (Å²) in [5.74, 6) is 0.687. The van der Waals surface area contributed by atoms with Gasteiger partial charge in [-0.15, -0.1) is 0 Å². The Morgan fingerprint density at radius 1 is 1.39 bits per heavy atom. The number of hydrogen-bond acceptors (Lipinski definition) is 4. The van der Waals surface area contributed by atoms with Gasteiger partial charge in [0.1, 0.15) is 0 Å². The maximum Gasteiger partial charge on any atom is 0.213 e. The highest BCUT2D eigenvalue weighted by atomic mass is 16.5. The molecule has 0 unspecified atom stereocenters. The monoisotopic (exact) mass is 249 g/mol. The van der Waals surface area contributed by atoms with Crippen molar-refractivity contribution in [3.8, 4) is 5.88 Å². The molecule has 0 atom stereocenters. The molecule has 4 heteroatoms. The smallest absolute Gasteiger partial charge is 0.213 e. The van der Waals surface area contributed by atoms with Crippen molar-refractivity contribution in [3.05, 3.63) is 23.9 Å². The standard InChI is InChI=1S/C14H23N3O/c1-18-14-8-4-5-12(16-14)11-17(10-9-15)13-6-2-3-7-13/h4-5,8,13H,2-3,6-7,9-11,15H2,1H3. The molecular formula is C14H23N3O. The quantitative estimate of drug-likeness (QED) is 0.835. The first kappa shape index (κ1) is 13.3. The van der Waals surface area contributed by atoms with Crippen molar-refractivity contribution in [1.82, 2.24) is 9.88 Å². The van der Waals surface area contributed by atoms with Crippen molar-refractivity contribution >= 4 is 0 Å². The third-order valence-corrected chi connectivity index (χ3v) is 3.61. The fourth-order valence-electron chi connectivity index (χ4n) is 2.69. The van der Waals surface area contributed by atoms with E-state index < -0.39 is 0 Å². The van der Waals surface area contributed by atoms with Gasteiger partial charge < -0.3 is 10.5 Å². The van der Waals surface area contributed by atoms with Crippen molar-refractivity contribution in [1.29, 1.82) is 0 Å². The van der Waals surface area contributed by atoms with Crippen LogP contribution in [0.5, 0.6) is 5.88 Å². The van der Waals surface area contributed by atoms with Crippen LogP contribution in [0.15, 0.2) is 18.2 Å². The summed E-state index contributed by atoms with van der Waals surface area (Å²) in [6.07, 6.45) is 5.28. The van der Waals surface area contributed by atoms with E-state index in [1.54, 1.807) is 7.11 Å². The van der Waals surface area contributed by atoms with Crippen LogP contribution in [0.3, 0.4) is 0 Å². The second-order valence-corrected chi connectivity index (χ2v) is 4.87. The van der Waals surface area contributed by atoms with Gasteiger partial charge in [-0.1, -0.05) is 18.9 Å². The molecule has 0 radical (unpaired) electrons. The van der Waals surface area contributed by atoms with Crippen molar-refractivity contribution in [2.24, 2.45) is 5.73 Å². The Balaban J connectivity index is 2.02. The lowest BCUT2D eigenvalue weighted by atomic mass is 10.2. The predicted octanol–water partition coefficient (Wildman–Crippen LogP) is 1.79. The first-order valence-electron chi connectivity index (χ1n) is 6.77. The lowest BCUT2D eigenvalue weighted by Crippen LogP contribution is -2.36. The van der Waals surface area contributed by atoms with Gasteiger partial charge in [-0.25, -0.2) is 4.98 Å². The summed E-state index contributed by atoms with van der Waals surface area (Å²) < 4.78 is 5.17. The first-order valence-corrected chi connectivity index (χ1v) is 6.77. The van der Waals surface area contributed by atoms with E-state index in [0.717, 1.165) is 18.8 Å². The minimum absolute atomic E-state index is 0.682. The van der Waals surface area contributed by atoms with Gasteiger partial charge in [-0.3, -0.25) is 4.90 Å². The van der Waals surface area contributed by atoms with E-state index in [-0.39, 0.29) is 0 Å². The molecule has 18 heavy (non-hydrogen) atoms. The van der Waals surface area contributed by atoms with Crippen LogP contribution in [0.1, 0.15) is 31.4 Å². The number of hydrogen-bond donors (Lipinski definition) is 1. The molecule has 1 aliphatic carbocycles. The molecule has 1 aliphatic rings. The van der Waals surface area contributed by atoms with Crippen LogP contribution in [-0.2, 0) is 6.54 Å². The van der Waals surface area contributed by atoms with Crippen LogP contribution in [0.4, 0.5) is 0 Å². The lowest BCUT2D eigenvalue weighted by molar-refractivity contribution is 0.192. The zero-order valence-corrected chi connectivity index (χ0v) is 11.1. The van der Waals surface area contributed by atoms with E-state index in [1.165, 1.54) is 25.7 Å². The van der Waals surface area contributed by atoms with Crippen LogP contribution < -0.4 is 10.5 Å². The van der Waals surface area contributed by atoms with Crippen LogP contribution in [0.2, 0.25) is 0 Å². The Morgan fingerprint density at radius 3 is 2.83 bits per heavy atom. The molecule has 100 valence electrons. The van der Waals surface area contributed by atoms with E-state index in [4.69, 9.17) is 10.5 Å². The molecule has 0 bridgehead atoms. The minimum atomic E-state index is 0.682. The third-order valence-electron chi connectivity index (χ3n) is 3.61. The van der Waals surface area contributed by atoms with Crippen LogP contribution in [0.25, 0.3) is 0 Å². The van der Waals surface area contributed by atoms with Crippen LogP contribution in [-0.4, -0.2) is 36.1 Å². The third kappa shape index (κ3) is 3.43. The molecule has 0 aromatic carbocycles. The molecule has 0 amide bonds. The second-order valence-electron chi connectivity index (χ2n) is 4.87. The minimum Gasteiger partial charge on any atom is -0.481 e. The topological polar surface area (TPSA) is 51.4 Å². The highest BCUT2D eigenvalue weighted by Crippen LogP contribution is 2.24. The van der Waals surface area contributed by atoms with Gasteiger partial charge in [-0.05, 0) is 18.9 Å². The SMILES string of the molecule is COc1cccc(CN(CCN)C2CCCC2)n1. The average molecular weight is 249 g/mol. The zero-order chi connectivity index (χ0) is 12.8. The fraction of sp³-hybridized carbons (Fsp3) is 0.643. The summed E-state index contributed by atoms with van der Waals surface area (Å²) in [5.41, 5.74) is 6.78. The number of nitrogens with zero attached hydrogens (tertiary/aromatic N) is 2.